The third-order valence-corrected chi connectivity index (χ3v) is 5.49. The minimum atomic E-state index is -0.665. The van der Waals surface area contributed by atoms with Gasteiger partial charge in [-0.15, -0.1) is 0 Å². The Labute approximate surface area is 195 Å². The van der Waals surface area contributed by atoms with Crippen LogP contribution in [0.5, 0.6) is 5.75 Å². The second kappa shape index (κ2) is 16.1. The summed E-state index contributed by atoms with van der Waals surface area (Å²) in [6.07, 6.45) is 6.78. The van der Waals surface area contributed by atoms with E-state index in [1.54, 1.807) is 12.1 Å². The molecule has 0 aliphatic heterocycles. The van der Waals surface area contributed by atoms with Crippen LogP contribution in [-0.4, -0.2) is 41.6 Å². The van der Waals surface area contributed by atoms with Crippen molar-refractivity contribution < 1.29 is 20.1 Å². The number of hydrogen-bond acceptors (Lipinski definition) is 6. The molecule has 4 N–H and O–H groups in total. The Bertz CT molecular complexity index is 854. The van der Waals surface area contributed by atoms with Crippen LogP contribution >= 0.6 is 0 Å². The summed E-state index contributed by atoms with van der Waals surface area (Å²) in [6.45, 7) is 2.61. The van der Waals surface area contributed by atoms with Gasteiger partial charge in [-0.1, -0.05) is 48.3 Å². The number of aryl methyl sites for hydroxylation is 1. The number of aliphatic hydroxyl groups excluding tert-OH is 2. The molecule has 8 heteroatoms. The molecule has 1 unspecified atom stereocenters. The van der Waals surface area contributed by atoms with Gasteiger partial charge in [0.1, 0.15) is 5.75 Å². The van der Waals surface area contributed by atoms with Crippen LogP contribution in [0.1, 0.15) is 61.3 Å². The normalized spacial score (nSPS) is 11.8. The SMILES string of the molecule is [N-]=[N+]=Nc1ccc(CCCCOCCCCCCNCC(O)c2ccc(O)c(CO)c2)cc1. The van der Waals surface area contributed by atoms with Gasteiger partial charge in [-0.25, -0.2) is 0 Å². The summed E-state index contributed by atoms with van der Waals surface area (Å²) in [7, 11) is 0. The molecule has 2 rings (SSSR count). The highest BCUT2D eigenvalue weighted by Gasteiger charge is 2.09. The first-order valence-electron chi connectivity index (χ1n) is 11.7. The largest absolute Gasteiger partial charge is 0.508 e. The molecule has 0 amide bonds. The monoisotopic (exact) mass is 456 g/mol. The Hall–Kier alpha value is -2.61. The summed E-state index contributed by atoms with van der Waals surface area (Å²) in [4.78, 5) is 2.78. The van der Waals surface area contributed by atoms with Crippen LogP contribution in [0.3, 0.4) is 0 Å². The fourth-order valence-corrected chi connectivity index (χ4v) is 3.52. The van der Waals surface area contributed by atoms with Crippen molar-refractivity contribution in [1.82, 2.24) is 5.32 Å². The van der Waals surface area contributed by atoms with Crippen molar-refractivity contribution in [1.29, 1.82) is 0 Å². The molecule has 2 aromatic rings. The number of ether oxygens (including phenoxy) is 1. The van der Waals surface area contributed by atoms with E-state index in [9.17, 15) is 15.3 Å². The molecule has 0 saturated heterocycles. The van der Waals surface area contributed by atoms with Crippen LogP contribution < -0.4 is 5.32 Å². The number of aromatic hydroxyl groups is 1. The third-order valence-electron chi connectivity index (χ3n) is 5.49. The van der Waals surface area contributed by atoms with E-state index in [0.717, 1.165) is 64.7 Å². The van der Waals surface area contributed by atoms with Gasteiger partial charge in [-0.2, -0.15) is 0 Å². The average Bonchev–Trinajstić information content (AvgIpc) is 2.83. The number of rotatable bonds is 17. The van der Waals surface area contributed by atoms with Crippen molar-refractivity contribution in [3.63, 3.8) is 0 Å². The van der Waals surface area contributed by atoms with Crippen molar-refractivity contribution >= 4 is 5.69 Å². The van der Waals surface area contributed by atoms with Gasteiger partial charge in [0.25, 0.3) is 0 Å². The number of nitrogens with zero attached hydrogens (tertiary/aromatic N) is 3. The Morgan fingerprint density at radius 2 is 1.70 bits per heavy atom. The summed E-state index contributed by atoms with van der Waals surface area (Å²) in [6, 6.07) is 12.5. The van der Waals surface area contributed by atoms with Crippen LogP contribution in [0.4, 0.5) is 5.69 Å². The van der Waals surface area contributed by atoms with E-state index < -0.39 is 6.10 Å². The summed E-state index contributed by atoms with van der Waals surface area (Å²) in [5.74, 6) is 0.0422. The predicted octanol–water partition coefficient (Wildman–Crippen LogP) is 5.05. The topological polar surface area (TPSA) is 131 Å². The first-order chi connectivity index (χ1) is 16.1. The van der Waals surface area contributed by atoms with Crippen molar-refractivity contribution in [2.45, 2.75) is 57.7 Å². The lowest BCUT2D eigenvalue weighted by atomic mass is 10.1. The maximum Gasteiger partial charge on any atom is 0.121 e. The number of benzene rings is 2. The van der Waals surface area contributed by atoms with Crippen LogP contribution in [0.15, 0.2) is 47.6 Å². The maximum atomic E-state index is 10.2. The van der Waals surface area contributed by atoms with Crippen molar-refractivity contribution in [3.8, 4) is 5.75 Å². The van der Waals surface area contributed by atoms with Gasteiger partial charge in [-0.05, 0) is 67.4 Å². The molecule has 0 spiro atoms. The van der Waals surface area contributed by atoms with Crippen molar-refractivity contribution in [2.24, 2.45) is 5.11 Å². The van der Waals surface area contributed by atoms with Gasteiger partial charge >= 0.3 is 0 Å². The number of hydrogen-bond donors (Lipinski definition) is 4. The molecule has 0 heterocycles. The third kappa shape index (κ3) is 10.7. The molecule has 8 nitrogen and oxygen atoms in total. The van der Waals surface area contributed by atoms with Gasteiger partial charge in [-0.3, -0.25) is 0 Å². The van der Waals surface area contributed by atoms with Crippen LogP contribution in [0.25, 0.3) is 10.4 Å². The highest BCUT2D eigenvalue weighted by Crippen LogP contribution is 2.22. The van der Waals surface area contributed by atoms with E-state index in [1.807, 2.05) is 24.3 Å². The lowest BCUT2D eigenvalue weighted by molar-refractivity contribution is 0.126. The lowest BCUT2D eigenvalue weighted by Gasteiger charge is -2.14. The van der Waals surface area contributed by atoms with Gasteiger partial charge in [0.2, 0.25) is 0 Å². The number of aliphatic hydroxyl groups is 2. The number of phenols is 1. The summed E-state index contributed by atoms with van der Waals surface area (Å²) >= 11 is 0. The minimum absolute atomic E-state index is 0.0422. The lowest BCUT2D eigenvalue weighted by Crippen LogP contribution is -2.22. The molecule has 0 aliphatic carbocycles. The zero-order valence-electron chi connectivity index (χ0n) is 19.2. The second-order valence-electron chi connectivity index (χ2n) is 8.11. The Kier molecular flexibility index (Phi) is 13.0. The molecule has 0 aromatic heterocycles. The minimum Gasteiger partial charge on any atom is -0.508 e. The first-order valence-corrected chi connectivity index (χ1v) is 11.7. The second-order valence-corrected chi connectivity index (χ2v) is 8.11. The Morgan fingerprint density at radius 1 is 0.970 bits per heavy atom. The van der Waals surface area contributed by atoms with Crippen LogP contribution in [0, 0.1) is 0 Å². The zero-order chi connectivity index (χ0) is 23.7. The molecule has 0 bridgehead atoms. The van der Waals surface area contributed by atoms with E-state index in [-0.39, 0.29) is 12.4 Å². The molecule has 0 fully saturated rings. The molecule has 2 aromatic carbocycles. The zero-order valence-corrected chi connectivity index (χ0v) is 19.2. The van der Waals surface area contributed by atoms with Crippen molar-refractivity contribution in [2.75, 3.05) is 26.3 Å². The molecule has 0 saturated carbocycles. The van der Waals surface area contributed by atoms with Gasteiger partial charge in [0, 0.05) is 35.9 Å². The van der Waals surface area contributed by atoms with E-state index in [2.05, 4.69) is 15.3 Å². The van der Waals surface area contributed by atoms with E-state index in [1.165, 1.54) is 11.6 Å². The smallest absolute Gasteiger partial charge is 0.121 e. The molecule has 180 valence electrons. The number of nitrogens with one attached hydrogen (secondary N) is 1. The van der Waals surface area contributed by atoms with E-state index in [4.69, 9.17) is 10.3 Å². The molecule has 0 aliphatic rings. The van der Waals surface area contributed by atoms with Gasteiger partial charge < -0.3 is 25.4 Å². The van der Waals surface area contributed by atoms with Crippen LogP contribution in [0.2, 0.25) is 0 Å². The Balaban J connectivity index is 1.40. The Morgan fingerprint density at radius 3 is 2.42 bits per heavy atom. The molecular weight excluding hydrogens is 420 g/mol. The van der Waals surface area contributed by atoms with Crippen molar-refractivity contribution in [3.05, 3.63) is 69.6 Å². The van der Waals surface area contributed by atoms with Gasteiger partial charge in [0.05, 0.1) is 12.7 Å². The van der Waals surface area contributed by atoms with Crippen LogP contribution in [-0.2, 0) is 17.8 Å². The molecular formula is C25H36N4O4. The van der Waals surface area contributed by atoms with E-state index >= 15 is 0 Å². The van der Waals surface area contributed by atoms with E-state index in [0.29, 0.717) is 23.4 Å². The highest BCUT2D eigenvalue weighted by molar-refractivity contribution is 5.38. The summed E-state index contributed by atoms with van der Waals surface area (Å²) in [5.41, 5.74) is 11.4. The predicted molar refractivity (Wildman–Crippen MR) is 129 cm³/mol. The maximum absolute atomic E-state index is 10.2. The average molecular weight is 457 g/mol. The fraction of sp³-hybridized carbons (Fsp3) is 0.520. The van der Waals surface area contributed by atoms with Gasteiger partial charge in [0.15, 0.2) is 0 Å². The summed E-state index contributed by atoms with van der Waals surface area (Å²) in [5, 5.41) is 35.9. The molecule has 1 atom stereocenters. The first kappa shape index (κ1) is 26.6. The molecule has 0 radical (unpaired) electrons. The number of unbranched alkanes of at least 4 members (excludes halogenated alkanes) is 4. The number of azide groups is 1. The fourth-order valence-electron chi connectivity index (χ4n) is 3.52. The highest BCUT2D eigenvalue weighted by atomic mass is 16.5. The quantitative estimate of drug-likeness (QED) is 0.114. The molecule has 33 heavy (non-hydrogen) atoms. The summed E-state index contributed by atoms with van der Waals surface area (Å²) < 4.78 is 5.72. The standard InChI is InChI=1S/C25H36N4O4/c26-29-28-23-11-8-20(9-12-23)7-3-6-16-33-15-5-2-1-4-14-27-18-25(32)21-10-13-24(31)22(17-21)19-30/h8-13,17,25,27,30-32H,1-7,14-16,18-19H2.